The highest BCUT2D eigenvalue weighted by Gasteiger charge is 2.19. The Kier molecular flexibility index (Phi) is 5.92. The molecular formula is C20H24FN3O2S. The number of carbonyl (C=O) groups is 1. The van der Waals surface area contributed by atoms with Gasteiger partial charge in [-0.05, 0) is 38.8 Å². The van der Waals surface area contributed by atoms with Gasteiger partial charge in [0.2, 0.25) is 0 Å². The molecule has 3 rings (SSSR count). The molecule has 0 saturated carbocycles. The highest BCUT2D eigenvalue weighted by atomic mass is 32.1. The monoisotopic (exact) mass is 389 g/mol. The quantitative estimate of drug-likeness (QED) is 0.806. The van der Waals surface area contributed by atoms with Crippen molar-refractivity contribution < 1.29 is 13.9 Å². The predicted molar refractivity (Wildman–Crippen MR) is 106 cm³/mol. The number of benzene rings is 1. The molecular weight excluding hydrogens is 365 g/mol. The van der Waals surface area contributed by atoms with Crippen LogP contribution in [0.25, 0.3) is 5.57 Å². The number of amides is 1. The number of anilines is 1. The first-order chi connectivity index (χ1) is 12.8. The van der Waals surface area contributed by atoms with Gasteiger partial charge >= 0.3 is 6.09 Å². The Labute approximate surface area is 162 Å². The van der Waals surface area contributed by atoms with Crippen molar-refractivity contribution in [1.82, 2.24) is 9.88 Å². The fraction of sp³-hybridized carbons (Fsp3) is 0.400. The largest absolute Gasteiger partial charge is 0.444 e. The summed E-state index contributed by atoms with van der Waals surface area (Å²) in [5.74, 6) is -0.169. The molecule has 1 N–H and O–H groups in total. The molecule has 1 aliphatic heterocycles. The molecule has 7 heteroatoms. The zero-order valence-corrected chi connectivity index (χ0v) is 16.6. The van der Waals surface area contributed by atoms with E-state index >= 15 is 0 Å². The molecule has 0 bridgehead atoms. The Morgan fingerprint density at radius 2 is 2.15 bits per heavy atom. The lowest BCUT2D eigenvalue weighted by atomic mass is 9.99. The summed E-state index contributed by atoms with van der Waals surface area (Å²) in [5, 5.41) is 3.19. The van der Waals surface area contributed by atoms with E-state index in [2.05, 4.69) is 21.3 Å². The van der Waals surface area contributed by atoms with E-state index in [1.165, 1.54) is 17.4 Å². The lowest BCUT2D eigenvalue weighted by Crippen LogP contribution is -2.27. The zero-order chi connectivity index (χ0) is 19.4. The van der Waals surface area contributed by atoms with E-state index in [-0.39, 0.29) is 5.82 Å². The average Bonchev–Trinajstić information content (AvgIpc) is 3.01. The number of ether oxygens (including phenoxy) is 1. The van der Waals surface area contributed by atoms with Crippen LogP contribution < -0.4 is 5.32 Å². The van der Waals surface area contributed by atoms with Gasteiger partial charge < -0.3 is 4.74 Å². The maximum Gasteiger partial charge on any atom is 0.413 e. The Bertz CT molecular complexity index is 842. The van der Waals surface area contributed by atoms with Crippen LogP contribution in [0.3, 0.4) is 0 Å². The van der Waals surface area contributed by atoms with Crippen LogP contribution in [0.1, 0.15) is 37.6 Å². The maximum atomic E-state index is 13.9. The van der Waals surface area contributed by atoms with Crippen LogP contribution in [-0.4, -0.2) is 34.7 Å². The minimum atomic E-state index is -0.541. The smallest absolute Gasteiger partial charge is 0.413 e. The van der Waals surface area contributed by atoms with Crippen molar-refractivity contribution in [3.63, 3.8) is 0 Å². The molecule has 2 heterocycles. The van der Waals surface area contributed by atoms with E-state index in [9.17, 15) is 9.18 Å². The molecule has 0 atom stereocenters. The van der Waals surface area contributed by atoms with E-state index in [4.69, 9.17) is 4.74 Å². The summed E-state index contributed by atoms with van der Waals surface area (Å²) >= 11 is 1.44. The fourth-order valence-corrected chi connectivity index (χ4v) is 3.71. The van der Waals surface area contributed by atoms with Gasteiger partial charge in [-0.3, -0.25) is 10.2 Å². The van der Waals surface area contributed by atoms with Crippen molar-refractivity contribution in [1.29, 1.82) is 0 Å². The summed E-state index contributed by atoms with van der Waals surface area (Å²) in [6.45, 7) is 7.82. The molecule has 1 amide bonds. The van der Waals surface area contributed by atoms with Gasteiger partial charge in [0.25, 0.3) is 0 Å². The average molecular weight is 389 g/mol. The number of hydrogen-bond donors (Lipinski definition) is 1. The number of hydrogen-bond acceptors (Lipinski definition) is 5. The van der Waals surface area contributed by atoms with Gasteiger partial charge in [-0.2, -0.15) is 0 Å². The molecule has 1 aromatic carbocycles. The molecule has 0 aliphatic carbocycles. The predicted octanol–water partition coefficient (Wildman–Crippen LogP) is 4.92. The van der Waals surface area contributed by atoms with Crippen LogP contribution >= 0.6 is 11.3 Å². The Morgan fingerprint density at radius 3 is 2.81 bits per heavy atom. The van der Waals surface area contributed by atoms with Crippen LogP contribution in [0.4, 0.5) is 14.3 Å². The third-order valence-electron chi connectivity index (χ3n) is 4.05. The van der Waals surface area contributed by atoms with Crippen molar-refractivity contribution >= 4 is 28.1 Å². The Morgan fingerprint density at radius 1 is 1.37 bits per heavy atom. The number of aromatic nitrogens is 1. The SMILES string of the molecule is CC(C)(C)OC(=O)Nc1ncc(CN2CC=C(c3ccccc3F)CC2)s1. The highest BCUT2D eigenvalue weighted by molar-refractivity contribution is 7.15. The van der Waals surface area contributed by atoms with Gasteiger partial charge in [0.05, 0.1) is 0 Å². The van der Waals surface area contributed by atoms with Crippen LogP contribution in [0.5, 0.6) is 0 Å². The number of carbonyl (C=O) groups excluding carboxylic acids is 1. The first-order valence-electron chi connectivity index (χ1n) is 8.91. The fourth-order valence-electron chi connectivity index (χ4n) is 2.87. The minimum absolute atomic E-state index is 0.169. The molecule has 2 aromatic rings. The van der Waals surface area contributed by atoms with E-state index in [1.54, 1.807) is 12.3 Å². The van der Waals surface area contributed by atoms with Crippen molar-refractivity contribution in [2.75, 3.05) is 18.4 Å². The normalized spacial score (nSPS) is 15.3. The van der Waals surface area contributed by atoms with Crippen LogP contribution in [0.2, 0.25) is 0 Å². The van der Waals surface area contributed by atoms with Gasteiger partial charge in [0.1, 0.15) is 11.4 Å². The lowest BCUT2D eigenvalue weighted by Gasteiger charge is -2.26. The lowest BCUT2D eigenvalue weighted by molar-refractivity contribution is 0.0636. The van der Waals surface area contributed by atoms with Crippen LogP contribution in [-0.2, 0) is 11.3 Å². The minimum Gasteiger partial charge on any atom is -0.444 e. The molecule has 0 saturated heterocycles. The van der Waals surface area contributed by atoms with Gasteiger partial charge in [-0.1, -0.05) is 24.3 Å². The second-order valence-electron chi connectivity index (χ2n) is 7.45. The summed E-state index contributed by atoms with van der Waals surface area (Å²) in [6, 6.07) is 6.90. The van der Waals surface area contributed by atoms with E-state index in [1.807, 2.05) is 32.9 Å². The van der Waals surface area contributed by atoms with Crippen LogP contribution in [0, 0.1) is 5.82 Å². The number of nitrogens with one attached hydrogen (secondary N) is 1. The Balaban J connectivity index is 1.55. The molecule has 1 aromatic heterocycles. The first kappa shape index (κ1) is 19.5. The zero-order valence-electron chi connectivity index (χ0n) is 15.8. The van der Waals surface area contributed by atoms with Crippen molar-refractivity contribution in [2.45, 2.75) is 39.3 Å². The third kappa shape index (κ3) is 5.61. The second kappa shape index (κ2) is 8.19. The van der Waals surface area contributed by atoms with Crippen molar-refractivity contribution in [2.24, 2.45) is 0 Å². The van der Waals surface area contributed by atoms with Gasteiger partial charge in [0.15, 0.2) is 5.13 Å². The Hall–Kier alpha value is -2.25. The summed E-state index contributed by atoms with van der Waals surface area (Å²) in [4.78, 5) is 19.4. The van der Waals surface area contributed by atoms with Gasteiger partial charge in [-0.25, -0.2) is 14.2 Å². The van der Waals surface area contributed by atoms with E-state index in [0.717, 1.165) is 36.5 Å². The molecule has 144 valence electrons. The molecule has 27 heavy (non-hydrogen) atoms. The maximum absolute atomic E-state index is 13.9. The van der Waals surface area contributed by atoms with Crippen LogP contribution in [0.15, 0.2) is 36.5 Å². The summed E-state index contributed by atoms with van der Waals surface area (Å²) in [5.41, 5.74) is 1.21. The molecule has 0 radical (unpaired) electrons. The van der Waals surface area contributed by atoms with E-state index in [0.29, 0.717) is 10.7 Å². The number of nitrogens with zero attached hydrogens (tertiary/aromatic N) is 2. The number of halogens is 1. The van der Waals surface area contributed by atoms with Crippen molar-refractivity contribution in [3.05, 3.63) is 52.8 Å². The molecule has 0 fully saturated rings. The molecule has 5 nitrogen and oxygen atoms in total. The summed E-state index contributed by atoms with van der Waals surface area (Å²) in [6.07, 6.45) is 4.16. The first-order valence-corrected chi connectivity index (χ1v) is 9.73. The molecule has 0 unspecified atom stereocenters. The van der Waals surface area contributed by atoms with Crippen molar-refractivity contribution in [3.8, 4) is 0 Å². The van der Waals surface area contributed by atoms with Gasteiger partial charge in [-0.15, -0.1) is 11.3 Å². The summed E-state index contributed by atoms with van der Waals surface area (Å²) in [7, 11) is 0. The third-order valence-corrected chi connectivity index (χ3v) is 4.95. The highest BCUT2D eigenvalue weighted by Crippen LogP contribution is 2.26. The number of thiazole rings is 1. The van der Waals surface area contributed by atoms with Gasteiger partial charge in [0, 0.05) is 36.3 Å². The number of rotatable bonds is 4. The molecule has 0 spiro atoms. The molecule has 1 aliphatic rings. The summed E-state index contributed by atoms with van der Waals surface area (Å²) < 4.78 is 19.2. The topological polar surface area (TPSA) is 54.5 Å². The van der Waals surface area contributed by atoms with E-state index < -0.39 is 11.7 Å². The second-order valence-corrected chi connectivity index (χ2v) is 8.57. The standard InChI is InChI=1S/C20H24FN3O2S/c1-20(2,3)26-19(25)23-18-22-12-15(27-18)13-24-10-8-14(9-11-24)16-6-4-5-7-17(16)21/h4-8,12H,9-11,13H2,1-3H3,(H,22,23,25).